The molecule has 0 radical (unpaired) electrons. The van der Waals surface area contributed by atoms with Crippen molar-refractivity contribution < 1.29 is 14.3 Å². The first kappa shape index (κ1) is 14.2. The molecule has 5 nitrogen and oxygen atoms in total. The van der Waals surface area contributed by atoms with E-state index >= 15 is 0 Å². The quantitative estimate of drug-likeness (QED) is 0.849. The number of carbonyl (C=O) groups excluding carboxylic acids is 1. The van der Waals surface area contributed by atoms with Crippen molar-refractivity contribution >= 4 is 5.91 Å². The summed E-state index contributed by atoms with van der Waals surface area (Å²) in [6, 6.07) is 6.44. The van der Waals surface area contributed by atoms with Crippen molar-refractivity contribution in [2.24, 2.45) is 0 Å². The van der Waals surface area contributed by atoms with Gasteiger partial charge in [0.25, 0.3) is 0 Å². The maximum absolute atomic E-state index is 11.9. The van der Waals surface area contributed by atoms with Gasteiger partial charge in [-0.3, -0.25) is 9.69 Å². The van der Waals surface area contributed by atoms with Crippen LogP contribution >= 0.6 is 0 Å². The van der Waals surface area contributed by atoms with Crippen LogP contribution in [0.2, 0.25) is 0 Å². The molecular weight excluding hydrogens is 268 g/mol. The van der Waals surface area contributed by atoms with Crippen LogP contribution < -0.4 is 9.47 Å². The van der Waals surface area contributed by atoms with Crippen LogP contribution in [-0.2, 0) is 4.79 Å². The summed E-state index contributed by atoms with van der Waals surface area (Å²) >= 11 is 0. The molecule has 3 rings (SSSR count). The number of rotatable bonds is 3. The summed E-state index contributed by atoms with van der Waals surface area (Å²) in [7, 11) is 3.61. The van der Waals surface area contributed by atoms with Crippen molar-refractivity contribution in [2.75, 3.05) is 40.4 Å². The normalized spacial score (nSPS) is 21.3. The lowest BCUT2D eigenvalue weighted by Crippen LogP contribution is -2.36. The van der Waals surface area contributed by atoms with Crippen LogP contribution in [-0.4, -0.2) is 56.1 Å². The molecule has 0 N–H and O–H groups in total. The summed E-state index contributed by atoms with van der Waals surface area (Å²) in [6.07, 6.45) is 2.21. The fourth-order valence-electron chi connectivity index (χ4n) is 2.98. The molecule has 0 spiro atoms. The van der Waals surface area contributed by atoms with Gasteiger partial charge in [-0.15, -0.1) is 0 Å². The van der Waals surface area contributed by atoms with Gasteiger partial charge in [0.15, 0.2) is 11.5 Å². The third-order valence-electron chi connectivity index (χ3n) is 4.15. The molecule has 1 unspecified atom stereocenters. The number of fused-ring (bicyclic) bond motifs is 1. The Balaban J connectivity index is 1.77. The molecule has 1 amide bonds. The molecular formula is C16H22N2O3. The van der Waals surface area contributed by atoms with Gasteiger partial charge in [0.05, 0.1) is 6.54 Å². The molecule has 114 valence electrons. The van der Waals surface area contributed by atoms with E-state index in [1.54, 1.807) is 19.0 Å². The van der Waals surface area contributed by atoms with Crippen LogP contribution in [0.4, 0.5) is 0 Å². The molecule has 1 aromatic carbocycles. The Morgan fingerprint density at radius 2 is 2.05 bits per heavy atom. The van der Waals surface area contributed by atoms with Gasteiger partial charge in [0.1, 0.15) is 13.2 Å². The third kappa shape index (κ3) is 2.97. The van der Waals surface area contributed by atoms with Crippen molar-refractivity contribution in [3.8, 4) is 11.5 Å². The minimum atomic E-state index is 0.152. The zero-order valence-corrected chi connectivity index (χ0v) is 12.7. The van der Waals surface area contributed by atoms with E-state index in [9.17, 15) is 4.79 Å². The topological polar surface area (TPSA) is 42.0 Å². The summed E-state index contributed by atoms with van der Waals surface area (Å²) in [5.41, 5.74) is 1.21. The minimum Gasteiger partial charge on any atom is -0.486 e. The third-order valence-corrected chi connectivity index (χ3v) is 4.15. The largest absolute Gasteiger partial charge is 0.486 e. The number of hydrogen-bond acceptors (Lipinski definition) is 4. The standard InChI is InChI=1S/C16H22N2O3/c1-17(2)16(19)11-18-7-3-4-13(18)12-5-6-14-15(10-12)21-9-8-20-14/h5-6,10,13H,3-4,7-9,11H2,1-2H3. The molecule has 1 saturated heterocycles. The Labute approximate surface area is 125 Å². The second kappa shape index (κ2) is 5.93. The Bertz CT molecular complexity index is 530. The molecule has 1 fully saturated rings. The van der Waals surface area contributed by atoms with Crippen molar-refractivity contribution in [1.82, 2.24) is 9.80 Å². The highest BCUT2D eigenvalue weighted by Gasteiger charge is 2.29. The van der Waals surface area contributed by atoms with Crippen LogP contribution in [0.1, 0.15) is 24.4 Å². The maximum atomic E-state index is 11.9. The van der Waals surface area contributed by atoms with E-state index in [4.69, 9.17) is 9.47 Å². The first-order valence-electron chi connectivity index (χ1n) is 7.49. The van der Waals surface area contributed by atoms with Gasteiger partial charge in [-0.25, -0.2) is 0 Å². The number of ether oxygens (including phenoxy) is 2. The monoisotopic (exact) mass is 290 g/mol. The summed E-state index contributed by atoms with van der Waals surface area (Å²) in [6.45, 7) is 2.66. The van der Waals surface area contributed by atoms with Crippen LogP contribution in [0.5, 0.6) is 11.5 Å². The molecule has 1 atom stereocenters. The summed E-state index contributed by atoms with van der Waals surface area (Å²) in [5, 5.41) is 0. The molecule has 2 aliphatic rings. The average molecular weight is 290 g/mol. The lowest BCUT2D eigenvalue weighted by molar-refractivity contribution is -0.130. The van der Waals surface area contributed by atoms with Crippen LogP contribution in [0.15, 0.2) is 18.2 Å². The van der Waals surface area contributed by atoms with E-state index in [0.717, 1.165) is 30.9 Å². The zero-order valence-electron chi connectivity index (χ0n) is 12.7. The molecule has 2 heterocycles. The van der Waals surface area contributed by atoms with E-state index < -0.39 is 0 Å². The summed E-state index contributed by atoms with van der Waals surface area (Å²) < 4.78 is 11.2. The molecule has 1 aromatic rings. The smallest absolute Gasteiger partial charge is 0.236 e. The maximum Gasteiger partial charge on any atom is 0.236 e. The average Bonchev–Trinajstić information content (AvgIpc) is 2.94. The number of amides is 1. The molecule has 0 aromatic heterocycles. The highest BCUT2D eigenvalue weighted by Crippen LogP contribution is 2.37. The Hall–Kier alpha value is -1.75. The molecule has 0 aliphatic carbocycles. The van der Waals surface area contributed by atoms with Crippen molar-refractivity contribution in [3.05, 3.63) is 23.8 Å². The van der Waals surface area contributed by atoms with Crippen LogP contribution in [0, 0.1) is 0 Å². The number of likely N-dealkylation sites (tertiary alicyclic amines) is 1. The summed E-state index contributed by atoms with van der Waals surface area (Å²) in [5.74, 6) is 1.79. The van der Waals surface area contributed by atoms with Gasteiger partial charge in [0.2, 0.25) is 5.91 Å². The fraction of sp³-hybridized carbons (Fsp3) is 0.562. The highest BCUT2D eigenvalue weighted by molar-refractivity contribution is 5.77. The first-order valence-corrected chi connectivity index (χ1v) is 7.49. The number of likely N-dealkylation sites (N-methyl/N-ethyl adjacent to an activating group) is 1. The SMILES string of the molecule is CN(C)C(=O)CN1CCCC1c1ccc2c(c1)OCCO2. The van der Waals surface area contributed by atoms with Gasteiger partial charge in [-0.1, -0.05) is 6.07 Å². The molecule has 21 heavy (non-hydrogen) atoms. The van der Waals surface area contributed by atoms with Gasteiger partial charge in [-0.05, 0) is 37.1 Å². The second-order valence-corrected chi connectivity index (χ2v) is 5.82. The van der Waals surface area contributed by atoms with Crippen molar-refractivity contribution in [3.63, 3.8) is 0 Å². The van der Waals surface area contributed by atoms with Gasteiger partial charge < -0.3 is 14.4 Å². The predicted molar refractivity (Wildman–Crippen MR) is 79.7 cm³/mol. The molecule has 0 bridgehead atoms. The van der Waals surface area contributed by atoms with E-state index in [2.05, 4.69) is 17.0 Å². The van der Waals surface area contributed by atoms with Crippen molar-refractivity contribution in [1.29, 1.82) is 0 Å². The Kier molecular flexibility index (Phi) is 4.01. The van der Waals surface area contributed by atoms with E-state index in [0.29, 0.717) is 25.8 Å². The molecule has 0 saturated carbocycles. The molecule has 5 heteroatoms. The highest BCUT2D eigenvalue weighted by atomic mass is 16.6. The van der Waals surface area contributed by atoms with E-state index in [1.807, 2.05) is 6.07 Å². The number of benzene rings is 1. The second-order valence-electron chi connectivity index (χ2n) is 5.82. The fourth-order valence-corrected chi connectivity index (χ4v) is 2.98. The number of carbonyl (C=O) groups is 1. The van der Waals surface area contributed by atoms with Crippen LogP contribution in [0.3, 0.4) is 0 Å². The van der Waals surface area contributed by atoms with Crippen LogP contribution in [0.25, 0.3) is 0 Å². The minimum absolute atomic E-state index is 0.152. The van der Waals surface area contributed by atoms with Gasteiger partial charge >= 0.3 is 0 Å². The first-order chi connectivity index (χ1) is 10.1. The Morgan fingerprint density at radius 3 is 2.81 bits per heavy atom. The van der Waals surface area contributed by atoms with E-state index in [1.165, 1.54) is 5.56 Å². The van der Waals surface area contributed by atoms with E-state index in [-0.39, 0.29) is 5.91 Å². The lowest BCUT2D eigenvalue weighted by Gasteiger charge is -2.27. The summed E-state index contributed by atoms with van der Waals surface area (Å²) in [4.78, 5) is 15.9. The predicted octanol–water partition coefficient (Wildman–Crippen LogP) is 1.68. The lowest BCUT2D eigenvalue weighted by atomic mass is 10.0. The van der Waals surface area contributed by atoms with Gasteiger partial charge in [0, 0.05) is 20.1 Å². The Morgan fingerprint density at radius 1 is 1.29 bits per heavy atom. The molecule has 2 aliphatic heterocycles. The number of nitrogens with zero attached hydrogens (tertiary/aromatic N) is 2. The zero-order chi connectivity index (χ0) is 14.8. The number of hydrogen-bond donors (Lipinski definition) is 0. The van der Waals surface area contributed by atoms with Crippen molar-refractivity contribution in [2.45, 2.75) is 18.9 Å². The van der Waals surface area contributed by atoms with Gasteiger partial charge in [-0.2, -0.15) is 0 Å².